The molecule has 170 valence electrons. The van der Waals surface area contributed by atoms with Gasteiger partial charge in [0.2, 0.25) is 5.91 Å². The second-order valence-corrected chi connectivity index (χ2v) is 8.23. The van der Waals surface area contributed by atoms with E-state index in [0.717, 1.165) is 25.0 Å². The second-order valence-electron chi connectivity index (χ2n) is 8.23. The van der Waals surface area contributed by atoms with Crippen molar-refractivity contribution in [1.82, 2.24) is 19.7 Å². The smallest absolute Gasteiger partial charge is 0.335 e. The highest BCUT2D eigenvalue weighted by Gasteiger charge is 2.34. The molecule has 0 spiro atoms. The van der Waals surface area contributed by atoms with E-state index >= 15 is 0 Å². The summed E-state index contributed by atoms with van der Waals surface area (Å²) in [4.78, 5) is 35.1. The van der Waals surface area contributed by atoms with Gasteiger partial charge in [-0.1, -0.05) is 18.2 Å². The largest absolute Gasteiger partial charge is 0.416 e. The molecule has 1 aliphatic carbocycles. The maximum Gasteiger partial charge on any atom is 0.416 e. The fourth-order valence-corrected chi connectivity index (χ4v) is 3.85. The summed E-state index contributed by atoms with van der Waals surface area (Å²) in [6.07, 6.45) is -0.951. The van der Waals surface area contributed by atoms with Gasteiger partial charge in [0.15, 0.2) is 0 Å². The molecule has 2 aromatic rings. The normalized spacial score (nSPS) is 17.3. The van der Waals surface area contributed by atoms with Gasteiger partial charge in [-0.2, -0.15) is 13.2 Å². The van der Waals surface area contributed by atoms with Gasteiger partial charge in [0.05, 0.1) is 12.1 Å². The van der Waals surface area contributed by atoms with Crippen LogP contribution in [0.25, 0.3) is 0 Å². The minimum Gasteiger partial charge on any atom is -0.335 e. The summed E-state index contributed by atoms with van der Waals surface area (Å²) in [7, 11) is 0. The van der Waals surface area contributed by atoms with Crippen LogP contribution in [0.4, 0.5) is 13.2 Å². The van der Waals surface area contributed by atoms with Crippen LogP contribution >= 0.6 is 0 Å². The van der Waals surface area contributed by atoms with E-state index < -0.39 is 11.7 Å². The van der Waals surface area contributed by atoms with Crippen molar-refractivity contribution in [3.63, 3.8) is 0 Å². The van der Waals surface area contributed by atoms with Crippen molar-refractivity contribution in [2.75, 3.05) is 32.7 Å². The van der Waals surface area contributed by atoms with E-state index in [0.29, 0.717) is 44.0 Å². The number of hydrogen-bond acceptors (Lipinski definition) is 4. The molecular weight excluding hydrogens is 421 g/mol. The van der Waals surface area contributed by atoms with Crippen LogP contribution < -0.4 is 0 Å². The van der Waals surface area contributed by atoms with E-state index in [1.165, 1.54) is 12.1 Å². The number of alkyl halides is 3. The number of amides is 2. The zero-order chi connectivity index (χ0) is 22.7. The van der Waals surface area contributed by atoms with Crippen molar-refractivity contribution in [3.05, 3.63) is 65.5 Å². The quantitative estimate of drug-likeness (QED) is 0.685. The van der Waals surface area contributed by atoms with Gasteiger partial charge in [-0.15, -0.1) is 0 Å². The third-order valence-corrected chi connectivity index (χ3v) is 5.84. The molecule has 2 fully saturated rings. The van der Waals surface area contributed by atoms with Crippen molar-refractivity contribution in [3.8, 4) is 0 Å². The summed E-state index contributed by atoms with van der Waals surface area (Å²) < 4.78 is 38.4. The van der Waals surface area contributed by atoms with Crippen LogP contribution in [-0.2, 0) is 17.5 Å². The molecule has 2 amide bonds. The van der Waals surface area contributed by atoms with E-state index in [1.54, 1.807) is 34.2 Å². The minimum absolute atomic E-state index is 0.0306. The van der Waals surface area contributed by atoms with Crippen molar-refractivity contribution in [2.45, 2.75) is 31.6 Å². The van der Waals surface area contributed by atoms with E-state index in [1.807, 2.05) is 4.90 Å². The molecule has 9 heteroatoms. The SMILES string of the molecule is O=C(c1ccccn1)N1CCN(CC(=O)N(Cc2ccc(C(F)(F)F)cc2)C2CC2)CC1. The molecule has 1 saturated heterocycles. The van der Waals surface area contributed by atoms with Crippen LogP contribution in [0.15, 0.2) is 48.7 Å². The highest BCUT2D eigenvalue weighted by atomic mass is 19.4. The molecule has 0 radical (unpaired) electrons. The first-order valence-corrected chi connectivity index (χ1v) is 10.7. The molecule has 0 atom stereocenters. The third kappa shape index (κ3) is 5.45. The lowest BCUT2D eigenvalue weighted by atomic mass is 10.1. The molecule has 6 nitrogen and oxygen atoms in total. The number of hydrogen-bond donors (Lipinski definition) is 0. The van der Waals surface area contributed by atoms with Crippen LogP contribution in [0, 0.1) is 0 Å². The number of halogens is 3. The maximum atomic E-state index is 13.0. The summed E-state index contributed by atoms with van der Waals surface area (Å²) >= 11 is 0. The minimum atomic E-state index is -4.37. The molecule has 2 aliphatic rings. The Hall–Kier alpha value is -2.94. The number of pyridine rings is 1. The summed E-state index contributed by atoms with van der Waals surface area (Å²) in [5.74, 6) is -0.143. The topological polar surface area (TPSA) is 56.8 Å². The van der Waals surface area contributed by atoms with Gasteiger partial charge in [-0.3, -0.25) is 19.5 Å². The van der Waals surface area contributed by atoms with Crippen molar-refractivity contribution < 1.29 is 22.8 Å². The fraction of sp³-hybridized carbons (Fsp3) is 0.435. The molecule has 1 aliphatic heterocycles. The number of nitrogens with zero attached hydrogens (tertiary/aromatic N) is 4. The number of carbonyl (C=O) groups is 2. The van der Waals surface area contributed by atoms with Gasteiger partial charge in [-0.25, -0.2) is 0 Å². The monoisotopic (exact) mass is 446 g/mol. The fourth-order valence-electron chi connectivity index (χ4n) is 3.85. The van der Waals surface area contributed by atoms with Gasteiger partial charge < -0.3 is 9.80 Å². The first-order chi connectivity index (χ1) is 15.3. The molecule has 4 rings (SSSR count). The Kier molecular flexibility index (Phi) is 6.45. The van der Waals surface area contributed by atoms with Gasteiger partial charge >= 0.3 is 6.18 Å². The standard InChI is InChI=1S/C23H25F3N4O2/c24-23(25,26)18-6-4-17(5-7-18)15-30(19-8-9-19)21(31)16-28-11-13-29(14-12-28)22(32)20-3-1-2-10-27-20/h1-7,10,19H,8-9,11-16H2. The van der Waals surface area contributed by atoms with Crippen LogP contribution in [0.5, 0.6) is 0 Å². The lowest BCUT2D eigenvalue weighted by Gasteiger charge is -2.35. The van der Waals surface area contributed by atoms with Crippen LogP contribution in [-0.4, -0.2) is 70.3 Å². The highest BCUT2D eigenvalue weighted by Crippen LogP contribution is 2.31. The summed E-state index contributed by atoms with van der Waals surface area (Å²) in [5, 5.41) is 0. The molecule has 1 saturated carbocycles. The van der Waals surface area contributed by atoms with Gasteiger partial charge in [0.1, 0.15) is 5.69 Å². The summed E-state index contributed by atoms with van der Waals surface area (Å²) in [6.45, 7) is 2.75. The highest BCUT2D eigenvalue weighted by molar-refractivity contribution is 5.92. The van der Waals surface area contributed by atoms with Gasteiger partial charge in [-0.05, 0) is 42.7 Å². The number of piperazine rings is 1. The number of carbonyl (C=O) groups excluding carboxylic acids is 2. The van der Waals surface area contributed by atoms with Gasteiger partial charge in [0.25, 0.3) is 5.91 Å². The number of benzene rings is 1. The zero-order valence-corrected chi connectivity index (χ0v) is 17.6. The average Bonchev–Trinajstić information content (AvgIpc) is 3.63. The molecule has 0 unspecified atom stereocenters. The predicted octanol–water partition coefficient (Wildman–Crippen LogP) is 3.05. The maximum absolute atomic E-state index is 13.0. The Morgan fingerprint density at radius 1 is 1.00 bits per heavy atom. The second kappa shape index (κ2) is 9.28. The van der Waals surface area contributed by atoms with Gasteiger partial charge in [0, 0.05) is 45.0 Å². The zero-order valence-electron chi connectivity index (χ0n) is 17.6. The average molecular weight is 446 g/mol. The van der Waals surface area contributed by atoms with Crippen molar-refractivity contribution in [1.29, 1.82) is 0 Å². The number of aromatic nitrogens is 1. The van der Waals surface area contributed by atoms with E-state index in [9.17, 15) is 22.8 Å². The van der Waals surface area contributed by atoms with Crippen LogP contribution in [0.2, 0.25) is 0 Å². The molecule has 32 heavy (non-hydrogen) atoms. The summed E-state index contributed by atoms with van der Waals surface area (Å²) in [5.41, 5.74) is 0.404. The van der Waals surface area contributed by atoms with Crippen molar-refractivity contribution in [2.24, 2.45) is 0 Å². The molecule has 1 aromatic carbocycles. The van der Waals surface area contributed by atoms with Crippen LogP contribution in [0.3, 0.4) is 0 Å². The Morgan fingerprint density at radius 2 is 1.69 bits per heavy atom. The molecule has 1 aromatic heterocycles. The first kappa shape index (κ1) is 22.3. The lowest BCUT2D eigenvalue weighted by Crippen LogP contribution is -2.51. The Bertz CT molecular complexity index is 938. The Morgan fingerprint density at radius 3 is 2.25 bits per heavy atom. The van der Waals surface area contributed by atoms with E-state index in [2.05, 4.69) is 4.98 Å². The molecular formula is C23H25F3N4O2. The third-order valence-electron chi connectivity index (χ3n) is 5.84. The molecule has 0 bridgehead atoms. The first-order valence-electron chi connectivity index (χ1n) is 10.7. The Balaban J connectivity index is 1.31. The molecule has 2 heterocycles. The Labute approximate surface area is 184 Å². The van der Waals surface area contributed by atoms with Crippen molar-refractivity contribution >= 4 is 11.8 Å². The lowest BCUT2D eigenvalue weighted by molar-refractivity contribution is -0.138. The summed E-state index contributed by atoms with van der Waals surface area (Å²) in [6, 6.07) is 10.4. The molecule has 0 N–H and O–H groups in total. The van der Waals surface area contributed by atoms with E-state index in [4.69, 9.17) is 0 Å². The van der Waals surface area contributed by atoms with Crippen LogP contribution in [0.1, 0.15) is 34.5 Å². The van der Waals surface area contributed by atoms with E-state index in [-0.39, 0.29) is 24.4 Å². The predicted molar refractivity (Wildman–Crippen MR) is 112 cm³/mol. The number of rotatable bonds is 6.